The van der Waals surface area contributed by atoms with Gasteiger partial charge in [0, 0.05) is 24.5 Å². The maximum Gasteiger partial charge on any atom is 0.303 e. The van der Waals surface area contributed by atoms with Gasteiger partial charge in [-0.3, -0.25) is 4.79 Å². The summed E-state index contributed by atoms with van der Waals surface area (Å²) in [4.78, 5) is 14.8. The van der Waals surface area contributed by atoms with Crippen LogP contribution in [0.1, 0.15) is 31.2 Å². The smallest absolute Gasteiger partial charge is 0.303 e. The Morgan fingerprint density at radius 1 is 1.20 bits per heavy atom. The molecule has 0 spiro atoms. The molecule has 0 unspecified atom stereocenters. The van der Waals surface area contributed by atoms with Crippen LogP contribution < -0.4 is 5.32 Å². The molecule has 4 heteroatoms. The largest absolute Gasteiger partial charge is 0.481 e. The molecule has 0 fully saturated rings. The van der Waals surface area contributed by atoms with Crippen molar-refractivity contribution in [1.29, 1.82) is 0 Å². The number of carboxylic acid groups (broad SMARTS) is 1. The third kappa shape index (κ3) is 3.70. The molecule has 0 radical (unpaired) electrons. The highest BCUT2D eigenvalue weighted by molar-refractivity contribution is 5.93. The Kier molecular flexibility index (Phi) is 4.93. The summed E-state index contributed by atoms with van der Waals surface area (Å²) in [6, 6.07) is 8.24. The van der Waals surface area contributed by atoms with Crippen LogP contribution in [0.2, 0.25) is 0 Å². The van der Waals surface area contributed by atoms with Gasteiger partial charge in [0.15, 0.2) is 0 Å². The standard InChI is InChI=1S/C16H20N2O2/c1-12-6-5-7-14-13(12)9-11-18-16(14)17-10-4-2-3-8-15(19)20/h5-7,9,11H,2-4,8,10H2,1H3,(H,17,18)(H,19,20). The van der Waals surface area contributed by atoms with Crippen LogP contribution in [0.3, 0.4) is 0 Å². The van der Waals surface area contributed by atoms with Gasteiger partial charge in [-0.2, -0.15) is 0 Å². The molecule has 0 saturated heterocycles. The molecule has 0 amide bonds. The zero-order valence-corrected chi connectivity index (χ0v) is 11.7. The molecule has 0 atom stereocenters. The van der Waals surface area contributed by atoms with E-state index in [2.05, 4.69) is 29.4 Å². The van der Waals surface area contributed by atoms with Crippen LogP contribution in [-0.4, -0.2) is 22.6 Å². The summed E-state index contributed by atoms with van der Waals surface area (Å²) in [6.07, 6.45) is 4.69. The highest BCUT2D eigenvalue weighted by Crippen LogP contribution is 2.23. The third-order valence-electron chi connectivity index (χ3n) is 3.38. The van der Waals surface area contributed by atoms with E-state index in [0.29, 0.717) is 0 Å². The monoisotopic (exact) mass is 272 g/mol. The van der Waals surface area contributed by atoms with E-state index in [0.717, 1.165) is 37.0 Å². The zero-order chi connectivity index (χ0) is 14.4. The number of fused-ring (bicyclic) bond motifs is 1. The van der Waals surface area contributed by atoms with Crippen LogP contribution in [0.4, 0.5) is 5.82 Å². The number of nitrogens with zero attached hydrogens (tertiary/aromatic N) is 1. The van der Waals surface area contributed by atoms with E-state index in [4.69, 9.17) is 5.11 Å². The van der Waals surface area contributed by atoms with E-state index in [1.165, 1.54) is 10.9 Å². The van der Waals surface area contributed by atoms with Crippen LogP contribution in [0.25, 0.3) is 10.8 Å². The average molecular weight is 272 g/mol. The molecular weight excluding hydrogens is 252 g/mol. The number of hydrogen-bond acceptors (Lipinski definition) is 3. The minimum atomic E-state index is -0.718. The quantitative estimate of drug-likeness (QED) is 0.756. The number of anilines is 1. The first-order chi connectivity index (χ1) is 9.68. The number of rotatable bonds is 7. The van der Waals surface area contributed by atoms with Crippen molar-refractivity contribution in [3.8, 4) is 0 Å². The van der Waals surface area contributed by atoms with Gasteiger partial charge in [0.1, 0.15) is 5.82 Å². The molecule has 2 rings (SSSR count). The van der Waals surface area contributed by atoms with Crippen molar-refractivity contribution in [3.63, 3.8) is 0 Å². The first-order valence-electron chi connectivity index (χ1n) is 6.98. The van der Waals surface area contributed by atoms with Crippen molar-refractivity contribution in [2.45, 2.75) is 32.6 Å². The summed E-state index contributed by atoms with van der Waals surface area (Å²) in [5.41, 5.74) is 1.24. The fourth-order valence-electron chi connectivity index (χ4n) is 2.29. The predicted molar refractivity (Wildman–Crippen MR) is 81.1 cm³/mol. The van der Waals surface area contributed by atoms with Gasteiger partial charge >= 0.3 is 5.97 Å². The summed E-state index contributed by atoms with van der Waals surface area (Å²) in [7, 11) is 0. The number of aromatic nitrogens is 1. The average Bonchev–Trinajstić information content (AvgIpc) is 2.43. The Bertz CT molecular complexity index is 596. The van der Waals surface area contributed by atoms with Gasteiger partial charge in [-0.05, 0) is 36.8 Å². The molecule has 0 bridgehead atoms. The van der Waals surface area contributed by atoms with Crippen LogP contribution in [-0.2, 0) is 4.79 Å². The topological polar surface area (TPSA) is 62.2 Å². The van der Waals surface area contributed by atoms with Crippen molar-refractivity contribution in [2.75, 3.05) is 11.9 Å². The fraction of sp³-hybridized carbons (Fsp3) is 0.375. The lowest BCUT2D eigenvalue weighted by atomic mass is 10.1. The van der Waals surface area contributed by atoms with Crippen LogP contribution in [0, 0.1) is 6.92 Å². The first kappa shape index (κ1) is 14.3. The number of nitrogens with one attached hydrogen (secondary N) is 1. The normalized spacial score (nSPS) is 10.7. The SMILES string of the molecule is Cc1cccc2c(NCCCCCC(=O)O)nccc12. The molecule has 4 nitrogen and oxygen atoms in total. The van der Waals surface area contributed by atoms with Crippen molar-refractivity contribution in [3.05, 3.63) is 36.0 Å². The molecule has 0 saturated carbocycles. The number of benzene rings is 1. The Hall–Kier alpha value is -2.10. The second-order valence-corrected chi connectivity index (χ2v) is 4.96. The summed E-state index contributed by atoms with van der Waals surface area (Å²) >= 11 is 0. The van der Waals surface area contributed by atoms with E-state index < -0.39 is 5.97 Å². The molecule has 0 aliphatic rings. The van der Waals surface area contributed by atoms with E-state index in [1.54, 1.807) is 0 Å². The maximum atomic E-state index is 10.4. The summed E-state index contributed by atoms with van der Waals surface area (Å²) in [6.45, 7) is 2.91. The van der Waals surface area contributed by atoms with E-state index in [9.17, 15) is 4.79 Å². The van der Waals surface area contributed by atoms with Crippen molar-refractivity contribution in [1.82, 2.24) is 4.98 Å². The van der Waals surface area contributed by atoms with Gasteiger partial charge in [-0.25, -0.2) is 4.98 Å². The fourth-order valence-corrected chi connectivity index (χ4v) is 2.29. The van der Waals surface area contributed by atoms with Crippen LogP contribution >= 0.6 is 0 Å². The second kappa shape index (κ2) is 6.89. The molecule has 20 heavy (non-hydrogen) atoms. The molecule has 2 aromatic rings. The van der Waals surface area contributed by atoms with Crippen LogP contribution in [0.15, 0.2) is 30.5 Å². The highest BCUT2D eigenvalue weighted by atomic mass is 16.4. The van der Waals surface area contributed by atoms with Crippen molar-refractivity contribution >= 4 is 22.6 Å². The molecule has 2 N–H and O–H groups in total. The van der Waals surface area contributed by atoms with E-state index >= 15 is 0 Å². The van der Waals surface area contributed by atoms with Gasteiger partial charge < -0.3 is 10.4 Å². The minimum absolute atomic E-state index is 0.256. The molecule has 1 heterocycles. The van der Waals surface area contributed by atoms with Gasteiger partial charge in [0.05, 0.1) is 0 Å². The third-order valence-corrected chi connectivity index (χ3v) is 3.38. The molecular formula is C16H20N2O2. The molecule has 106 valence electrons. The molecule has 1 aromatic heterocycles. The maximum absolute atomic E-state index is 10.4. The number of pyridine rings is 1. The Morgan fingerprint density at radius 2 is 2.05 bits per heavy atom. The summed E-state index contributed by atoms with van der Waals surface area (Å²) < 4.78 is 0. The number of aliphatic carboxylic acids is 1. The van der Waals surface area contributed by atoms with Crippen LogP contribution in [0.5, 0.6) is 0 Å². The second-order valence-electron chi connectivity index (χ2n) is 4.96. The number of aryl methyl sites for hydroxylation is 1. The zero-order valence-electron chi connectivity index (χ0n) is 11.7. The van der Waals surface area contributed by atoms with Gasteiger partial charge in [0.25, 0.3) is 0 Å². The first-order valence-corrected chi connectivity index (χ1v) is 6.98. The van der Waals surface area contributed by atoms with Gasteiger partial charge in [-0.1, -0.05) is 24.6 Å². The Labute approximate surface area is 118 Å². The lowest BCUT2D eigenvalue weighted by Crippen LogP contribution is -2.04. The Morgan fingerprint density at radius 3 is 2.85 bits per heavy atom. The number of carbonyl (C=O) groups is 1. The van der Waals surface area contributed by atoms with Gasteiger partial charge in [-0.15, -0.1) is 0 Å². The Balaban J connectivity index is 1.90. The number of unbranched alkanes of at least 4 members (excludes halogenated alkanes) is 2. The minimum Gasteiger partial charge on any atom is -0.481 e. The lowest BCUT2D eigenvalue weighted by molar-refractivity contribution is -0.137. The summed E-state index contributed by atoms with van der Waals surface area (Å²) in [5, 5.41) is 14.3. The van der Waals surface area contributed by atoms with Gasteiger partial charge in [0.2, 0.25) is 0 Å². The van der Waals surface area contributed by atoms with Crippen molar-refractivity contribution < 1.29 is 9.90 Å². The lowest BCUT2D eigenvalue weighted by Gasteiger charge is -2.09. The van der Waals surface area contributed by atoms with Crippen molar-refractivity contribution in [2.24, 2.45) is 0 Å². The van der Waals surface area contributed by atoms with E-state index in [-0.39, 0.29) is 6.42 Å². The number of hydrogen-bond donors (Lipinski definition) is 2. The highest BCUT2D eigenvalue weighted by Gasteiger charge is 2.03. The number of carboxylic acids is 1. The predicted octanol–water partition coefficient (Wildman–Crippen LogP) is 3.60. The molecule has 0 aliphatic carbocycles. The molecule has 0 aliphatic heterocycles. The summed E-state index contributed by atoms with van der Waals surface area (Å²) in [5.74, 6) is 0.189. The van der Waals surface area contributed by atoms with E-state index in [1.807, 2.05) is 18.3 Å². The molecule has 1 aromatic carbocycles.